The lowest BCUT2D eigenvalue weighted by atomic mass is 10.2. The van der Waals surface area contributed by atoms with Crippen molar-refractivity contribution in [3.05, 3.63) is 46.5 Å². The smallest absolute Gasteiger partial charge is 0.228 e. The van der Waals surface area contributed by atoms with E-state index < -0.39 is 11.6 Å². The second-order valence-corrected chi connectivity index (χ2v) is 4.86. The van der Waals surface area contributed by atoms with Crippen molar-refractivity contribution in [1.29, 1.82) is 0 Å². The van der Waals surface area contributed by atoms with Crippen molar-refractivity contribution in [1.82, 2.24) is 4.98 Å². The number of nitrogens with two attached hydrogens (primary N) is 1. The molecular formula is C14H9ClF2N2O. The number of halogens is 3. The van der Waals surface area contributed by atoms with E-state index in [4.69, 9.17) is 21.8 Å². The number of aryl methyl sites for hydroxylation is 1. The molecule has 0 fully saturated rings. The molecular weight excluding hydrogens is 286 g/mol. The fourth-order valence-corrected chi connectivity index (χ4v) is 2.26. The van der Waals surface area contributed by atoms with Gasteiger partial charge in [-0.2, -0.15) is 0 Å². The maximum atomic E-state index is 13.3. The molecule has 102 valence electrons. The van der Waals surface area contributed by atoms with Crippen LogP contribution in [0.5, 0.6) is 0 Å². The van der Waals surface area contributed by atoms with Gasteiger partial charge in [0.05, 0.1) is 10.6 Å². The lowest BCUT2D eigenvalue weighted by Crippen LogP contribution is -1.87. The van der Waals surface area contributed by atoms with Gasteiger partial charge in [-0.1, -0.05) is 11.6 Å². The van der Waals surface area contributed by atoms with Gasteiger partial charge in [-0.3, -0.25) is 0 Å². The van der Waals surface area contributed by atoms with E-state index in [1.807, 2.05) is 6.92 Å². The molecule has 0 amide bonds. The van der Waals surface area contributed by atoms with E-state index in [0.717, 1.165) is 17.7 Å². The zero-order valence-electron chi connectivity index (χ0n) is 10.4. The standard InChI is InChI=1S/C14H9ClF2N2O/c1-6-2-7(18)3-12-13(6)20-14(19-12)8-4-10(16)11(17)5-9(8)15/h2-5H,18H2,1H3. The number of hydrogen-bond donors (Lipinski definition) is 1. The Labute approximate surface area is 118 Å². The normalized spacial score (nSPS) is 11.2. The van der Waals surface area contributed by atoms with Crippen molar-refractivity contribution >= 4 is 28.4 Å². The molecule has 0 aliphatic rings. The fraction of sp³-hybridized carbons (Fsp3) is 0.0714. The second kappa shape index (κ2) is 4.45. The van der Waals surface area contributed by atoms with Gasteiger partial charge in [-0.05, 0) is 36.8 Å². The number of rotatable bonds is 1. The number of anilines is 1. The highest BCUT2D eigenvalue weighted by Gasteiger charge is 2.16. The van der Waals surface area contributed by atoms with Gasteiger partial charge in [0.15, 0.2) is 17.2 Å². The highest BCUT2D eigenvalue weighted by atomic mass is 35.5. The first-order valence-corrected chi connectivity index (χ1v) is 6.15. The largest absolute Gasteiger partial charge is 0.436 e. The minimum atomic E-state index is -1.02. The van der Waals surface area contributed by atoms with Crippen LogP contribution in [0.15, 0.2) is 28.7 Å². The van der Waals surface area contributed by atoms with Crippen LogP contribution >= 0.6 is 11.6 Å². The summed E-state index contributed by atoms with van der Waals surface area (Å²) in [6.45, 7) is 1.82. The number of nitrogens with zero attached hydrogens (tertiary/aromatic N) is 1. The molecule has 0 atom stereocenters. The molecule has 3 aromatic rings. The van der Waals surface area contributed by atoms with Crippen molar-refractivity contribution in [2.75, 3.05) is 5.73 Å². The van der Waals surface area contributed by atoms with Gasteiger partial charge in [-0.25, -0.2) is 13.8 Å². The van der Waals surface area contributed by atoms with Crippen LogP contribution in [0, 0.1) is 18.6 Å². The quantitative estimate of drug-likeness (QED) is 0.537. The summed E-state index contributed by atoms with van der Waals surface area (Å²) in [5.41, 5.74) is 8.35. The molecule has 0 aliphatic heterocycles. The molecule has 0 radical (unpaired) electrons. The third-order valence-electron chi connectivity index (χ3n) is 2.94. The van der Waals surface area contributed by atoms with E-state index in [2.05, 4.69) is 4.98 Å². The summed E-state index contributed by atoms with van der Waals surface area (Å²) < 4.78 is 32.0. The maximum absolute atomic E-state index is 13.3. The van der Waals surface area contributed by atoms with Crippen molar-refractivity contribution in [3.63, 3.8) is 0 Å². The zero-order chi connectivity index (χ0) is 14.4. The third kappa shape index (κ3) is 2.00. The minimum Gasteiger partial charge on any atom is -0.436 e. The molecule has 1 aromatic heterocycles. The molecule has 3 rings (SSSR count). The molecule has 0 unspecified atom stereocenters. The van der Waals surface area contributed by atoms with Crippen LogP contribution < -0.4 is 5.73 Å². The third-order valence-corrected chi connectivity index (χ3v) is 3.25. The number of aromatic nitrogens is 1. The minimum absolute atomic E-state index is 0.0288. The molecule has 0 bridgehead atoms. The first kappa shape index (κ1) is 12.9. The Kier molecular flexibility index (Phi) is 2.87. The molecule has 0 saturated heterocycles. The Hall–Kier alpha value is -2.14. The summed E-state index contributed by atoms with van der Waals surface area (Å²) in [5.74, 6) is -1.91. The van der Waals surface area contributed by atoms with Gasteiger partial charge >= 0.3 is 0 Å². The molecule has 2 aromatic carbocycles. The monoisotopic (exact) mass is 294 g/mol. The van der Waals surface area contributed by atoms with Crippen molar-refractivity contribution in [2.45, 2.75) is 6.92 Å². The van der Waals surface area contributed by atoms with Gasteiger partial charge in [0.2, 0.25) is 5.89 Å². The molecule has 1 heterocycles. The molecule has 0 aliphatic carbocycles. The molecule has 3 nitrogen and oxygen atoms in total. The summed E-state index contributed by atoms with van der Waals surface area (Å²) in [6.07, 6.45) is 0. The first-order valence-electron chi connectivity index (χ1n) is 5.77. The van der Waals surface area contributed by atoms with Crippen LogP contribution in [0.1, 0.15) is 5.56 Å². The average molecular weight is 295 g/mol. The van der Waals surface area contributed by atoms with Crippen LogP contribution in [0.25, 0.3) is 22.6 Å². The Morgan fingerprint density at radius 1 is 1.15 bits per heavy atom. The van der Waals surface area contributed by atoms with E-state index >= 15 is 0 Å². The van der Waals surface area contributed by atoms with Gasteiger partial charge < -0.3 is 10.2 Å². The average Bonchev–Trinajstić information content (AvgIpc) is 2.77. The topological polar surface area (TPSA) is 52.0 Å². The van der Waals surface area contributed by atoms with Crippen LogP contribution in [0.2, 0.25) is 5.02 Å². The Morgan fingerprint density at radius 2 is 1.85 bits per heavy atom. The van der Waals surface area contributed by atoms with Gasteiger partial charge in [0.1, 0.15) is 5.52 Å². The molecule has 2 N–H and O–H groups in total. The summed E-state index contributed by atoms with van der Waals surface area (Å²) in [6, 6.07) is 5.23. The Morgan fingerprint density at radius 3 is 2.60 bits per heavy atom. The fourth-order valence-electron chi connectivity index (χ4n) is 2.03. The second-order valence-electron chi connectivity index (χ2n) is 4.45. The van der Waals surface area contributed by atoms with E-state index in [1.54, 1.807) is 12.1 Å². The zero-order valence-corrected chi connectivity index (χ0v) is 11.1. The number of fused-ring (bicyclic) bond motifs is 1. The van der Waals surface area contributed by atoms with Gasteiger partial charge in [0.25, 0.3) is 0 Å². The lowest BCUT2D eigenvalue weighted by molar-refractivity contribution is 0.508. The van der Waals surface area contributed by atoms with Crippen LogP contribution in [-0.4, -0.2) is 4.98 Å². The van der Waals surface area contributed by atoms with E-state index in [0.29, 0.717) is 16.8 Å². The first-order chi connectivity index (χ1) is 9.45. The van der Waals surface area contributed by atoms with Crippen LogP contribution in [-0.2, 0) is 0 Å². The number of hydrogen-bond acceptors (Lipinski definition) is 3. The van der Waals surface area contributed by atoms with Crippen molar-refractivity contribution < 1.29 is 13.2 Å². The highest BCUT2D eigenvalue weighted by molar-refractivity contribution is 6.33. The highest BCUT2D eigenvalue weighted by Crippen LogP contribution is 2.33. The molecule has 0 saturated carbocycles. The molecule has 6 heteroatoms. The Balaban J connectivity index is 2.25. The number of oxazole rings is 1. The molecule has 0 spiro atoms. The van der Waals surface area contributed by atoms with Crippen LogP contribution in [0.3, 0.4) is 0 Å². The van der Waals surface area contributed by atoms with E-state index in [9.17, 15) is 8.78 Å². The SMILES string of the molecule is Cc1cc(N)cc2nc(-c3cc(F)c(F)cc3Cl)oc12. The number of benzene rings is 2. The predicted molar refractivity (Wildman–Crippen MR) is 73.5 cm³/mol. The van der Waals surface area contributed by atoms with Gasteiger partial charge in [-0.15, -0.1) is 0 Å². The predicted octanol–water partition coefficient (Wildman–Crippen LogP) is 4.32. The Bertz CT molecular complexity index is 830. The maximum Gasteiger partial charge on any atom is 0.228 e. The lowest BCUT2D eigenvalue weighted by Gasteiger charge is -2.00. The summed E-state index contributed by atoms with van der Waals surface area (Å²) in [7, 11) is 0. The van der Waals surface area contributed by atoms with E-state index in [1.165, 1.54) is 0 Å². The summed E-state index contributed by atoms with van der Waals surface area (Å²) in [4.78, 5) is 4.22. The van der Waals surface area contributed by atoms with Crippen LogP contribution in [0.4, 0.5) is 14.5 Å². The van der Waals surface area contributed by atoms with Crippen molar-refractivity contribution in [3.8, 4) is 11.5 Å². The summed E-state index contributed by atoms with van der Waals surface area (Å²) >= 11 is 5.90. The molecule has 20 heavy (non-hydrogen) atoms. The number of nitrogen functional groups attached to an aromatic ring is 1. The summed E-state index contributed by atoms with van der Waals surface area (Å²) in [5, 5.41) is 0.0288. The van der Waals surface area contributed by atoms with E-state index in [-0.39, 0.29) is 16.5 Å². The van der Waals surface area contributed by atoms with Gasteiger partial charge in [0, 0.05) is 5.69 Å². The van der Waals surface area contributed by atoms with Crippen molar-refractivity contribution in [2.24, 2.45) is 0 Å².